The van der Waals surface area contributed by atoms with Crippen molar-refractivity contribution < 1.29 is 18.6 Å². The summed E-state index contributed by atoms with van der Waals surface area (Å²) < 4.78 is 30.6. The van der Waals surface area contributed by atoms with Gasteiger partial charge in [0.2, 0.25) is 5.95 Å². The van der Waals surface area contributed by atoms with Crippen molar-refractivity contribution in [1.82, 2.24) is 14.3 Å². The lowest BCUT2D eigenvalue weighted by Gasteiger charge is -2.31. The number of rotatable bonds is 8. The third-order valence-corrected chi connectivity index (χ3v) is 4.42. The van der Waals surface area contributed by atoms with Crippen molar-refractivity contribution >= 4 is 17.9 Å². The Morgan fingerprint density at radius 3 is 2.64 bits per heavy atom. The number of nitrogens with one attached hydrogen (secondary N) is 1. The van der Waals surface area contributed by atoms with E-state index in [4.69, 9.17) is 5.11 Å². The zero-order valence-corrected chi connectivity index (χ0v) is 12.9. The van der Waals surface area contributed by atoms with Crippen molar-refractivity contribution in [1.29, 1.82) is 0 Å². The van der Waals surface area contributed by atoms with Crippen LogP contribution in [0.5, 0.6) is 5.75 Å². The zero-order chi connectivity index (χ0) is 15.8. The molecule has 0 aromatic carbocycles. The van der Waals surface area contributed by atoms with E-state index in [0.717, 1.165) is 38.1 Å². The van der Waals surface area contributed by atoms with Crippen LogP contribution in [0.15, 0.2) is 12.4 Å². The fraction of sp³-hybridized carbons (Fsp3) is 0.692. The number of piperidine rings is 1. The molecule has 1 aromatic rings. The molecule has 1 aliphatic heterocycles. The number of aliphatic hydroxyl groups excluding tert-OH is 1. The van der Waals surface area contributed by atoms with E-state index < -0.39 is 6.61 Å². The molecule has 0 aliphatic carbocycles. The summed E-state index contributed by atoms with van der Waals surface area (Å²) in [6.45, 7) is -0.719. The lowest BCUT2D eigenvalue weighted by atomic mass is 10.1. The third-order valence-electron chi connectivity index (χ3n) is 3.22. The van der Waals surface area contributed by atoms with Crippen LogP contribution in [0.25, 0.3) is 0 Å². The Kier molecular flexibility index (Phi) is 7.07. The Morgan fingerprint density at radius 2 is 2.05 bits per heavy atom. The molecule has 0 bridgehead atoms. The van der Waals surface area contributed by atoms with Crippen LogP contribution < -0.4 is 10.1 Å². The number of hydrogen-bond donors (Lipinski definition) is 2. The first-order chi connectivity index (χ1) is 10.7. The predicted octanol–water partition coefficient (Wildman–Crippen LogP) is 1.98. The summed E-state index contributed by atoms with van der Waals surface area (Å²) >= 11 is 1.76. The number of halogens is 2. The molecule has 1 aliphatic rings. The quantitative estimate of drug-likeness (QED) is 0.556. The zero-order valence-electron chi connectivity index (χ0n) is 12.1. The largest absolute Gasteiger partial charge is 0.432 e. The monoisotopic (exact) mass is 334 g/mol. The van der Waals surface area contributed by atoms with Gasteiger partial charge in [0.15, 0.2) is 5.75 Å². The van der Waals surface area contributed by atoms with Crippen LogP contribution in [0.1, 0.15) is 19.3 Å². The Labute approximate surface area is 132 Å². The van der Waals surface area contributed by atoms with Crippen molar-refractivity contribution in [2.45, 2.75) is 31.9 Å². The van der Waals surface area contributed by atoms with Crippen LogP contribution in [0.2, 0.25) is 0 Å². The molecule has 0 radical (unpaired) electrons. The van der Waals surface area contributed by atoms with Crippen LogP contribution in [0.3, 0.4) is 0 Å². The first kappa shape index (κ1) is 17.2. The van der Waals surface area contributed by atoms with Crippen LogP contribution in [-0.4, -0.2) is 57.5 Å². The lowest BCUT2D eigenvalue weighted by Crippen LogP contribution is -2.36. The topological polar surface area (TPSA) is 70.5 Å². The molecule has 6 nitrogen and oxygen atoms in total. The summed E-state index contributed by atoms with van der Waals surface area (Å²) in [6.07, 6.45) is 5.21. The molecule has 2 N–H and O–H groups in total. The molecule has 22 heavy (non-hydrogen) atoms. The van der Waals surface area contributed by atoms with E-state index in [2.05, 4.69) is 24.3 Å². The van der Waals surface area contributed by atoms with Gasteiger partial charge in [-0.1, -0.05) is 11.9 Å². The summed E-state index contributed by atoms with van der Waals surface area (Å²) in [6, 6.07) is 0.275. The number of alkyl halides is 2. The highest BCUT2D eigenvalue weighted by Gasteiger charge is 2.20. The van der Waals surface area contributed by atoms with E-state index in [-0.39, 0.29) is 18.4 Å². The molecule has 0 atom stereocenters. The molecule has 0 spiro atoms. The molecule has 1 fully saturated rings. The number of aliphatic hydroxyl groups is 1. The van der Waals surface area contributed by atoms with Crippen LogP contribution >= 0.6 is 11.9 Å². The summed E-state index contributed by atoms with van der Waals surface area (Å²) in [5.41, 5.74) is 0. The maximum atomic E-state index is 12.0. The first-order valence-electron chi connectivity index (χ1n) is 7.19. The van der Waals surface area contributed by atoms with Gasteiger partial charge in [-0.2, -0.15) is 8.78 Å². The van der Waals surface area contributed by atoms with Gasteiger partial charge in [-0.15, -0.1) is 0 Å². The Bertz CT molecular complexity index is 431. The SMILES string of the molecule is OCCCSN1CCC(Nc2ncc(OC(F)F)cn2)CC1. The molecule has 1 aromatic heterocycles. The molecule has 9 heteroatoms. The Morgan fingerprint density at radius 1 is 1.36 bits per heavy atom. The number of hydrogen-bond acceptors (Lipinski definition) is 7. The fourth-order valence-electron chi connectivity index (χ4n) is 2.12. The fourth-order valence-corrected chi connectivity index (χ4v) is 3.11. The highest BCUT2D eigenvalue weighted by atomic mass is 32.2. The number of ether oxygens (including phenoxy) is 1. The van der Waals surface area contributed by atoms with Gasteiger partial charge in [-0.25, -0.2) is 9.97 Å². The minimum absolute atomic E-state index is 0.0457. The molecule has 0 saturated carbocycles. The second kappa shape index (κ2) is 9.06. The summed E-state index contributed by atoms with van der Waals surface area (Å²) in [5, 5.41) is 12.0. The molecule has 2 rings (SSSR count). The van der Waals surface area contributed by atoms with Gasteiger partial charge in [0, 0.05) is 31.5 Å². The van der Waals surface area contributed by atoms with Gasteiger partial charge in [0.05, 0.1) is 12.4 Å². The van der Waals surface area contributed by atoms with E-state index in [1.807, 2.05) is 0 Å². The smallest absolute Gasteiger partial charge is 0.387 e. The number of nitrogens with zero attached hydrogens (tertiary/aromatic N) is 3. The lowest BCUT2D eigenvalue weighted by molar-refractivity contribution is -0.0503. The van der Waals surface area contributed by atoms with Gasteiger partial charge in [-0.3, -0.25) is 4.31 Å². The third kappa shape index (κ3) is 5.90. The standard InChI is InChI=1S/C13H20F2N4O2S/c14-12(15)21-11-8-16-13(17-9-11)18-10-2-4-19(5-3-10)22-7-1-6-20/h8-10,12,20H,1-7H2,(H,16,17,18). The van der Waals surface area contributed by atoms with Crippen LogP contribution in [0, 0.1) is 0 Å². The van der Waals surface area contributed by atoms with E-state index in [1.165, 1.54) is 12.4 Å². The summed E-state index contributed by atoms with van der Waals surface area (Å²) in [7, 11) is 0. The predicted molar refractivity (Wildman–Crippen MR) is 81.0 cm³/mol. The summed E-state index contributed by atoms with van der Waals surface area (Å²) in [5.74, 6) is 1.31. The molecular formula is C13H20F2N4O2S. The first-order valence-corrected chi connectivity index (χ1v) is 8.13. The van der Waals surface area contributed by atoms with E-state index in [1.54, 1.807) is 11.9 Å². The van der Waals surface area contributed by atoms with E-state index >= 15 is 0 Å². The molecule has 0 unspecified atom stereocenters. The highest BCUT2D eigenvalue weighted by Crippen LogP contribution is 2.21. The highest BCUT2D eigenvalue weighted by molar-refractivity contribution is 7.97. The number of anilines is 1. The Balaban J connectivity index is 1.71. The molecule has 0 amide bonds. The normalized spacial score (nSPS) is 16.9. The van der Waals surface area contributed by atoms with Crippen LogP contribution in [-0.2, 0) is 0 Å². The van der Waals surface area contributed by atoms with Crippen LogP contribution in [0.4, 0.5) is 14.7 Å². The van der Waals surface area contributed by atoms with E-state index in [9.17, 15) is 8.78 Å². The molecule has 1 saturated heterocycles. The van der Waals surface area contributed by atoms with Gasteiger partial charge in [0.1, 0.15) is 0 Å². The van der Waals surface area contributed by atoms with Crippen molar-refractivity contribution in [2.75, 3.05) is 30.8 Å². The summed E-state index contributed by atoms with van der Waals surface area (Å²) in [4.78, 5) is 7.96. The van der Waals surface area contributed by atoms with Gasteiger partial charge < -0.3 is 15.2 Å². The van der Waals surface area contributed by atoms with Crippen molar-refractivity contribution in [3.05, 3.63) is 12.4 Å². The average Bonchev–Trinajstić information content (AvgIpc) is 2.51. The molecule has 124 valence electrons. The number of aromatic nitrogens is 2. The van der Waals surface area contributed by atoms with Crippen molar-refractivity contribution in [2.24, 2.45) is 0 Å². The van der Waals surface area contributed by atoms with Crippen molar-refractivity contribution in [3.8, 4) is 5.75 Å². The van der Waals surface area contributed by atoms with Gasteiger partial charge >= 0.3 is 6.61 Å². The second-order valence-corrected chi connectivity index (χ2v) is 6.06. The second-order valence-electron chi connectivity index (χ2n) is 4.88. The molecular weight excluding hydrogens is 314 g/mol. The Hall–Kier alpha value is -1.19. The maximum Gasteiger partial charge on any atom is 0.387 e. The van der Waals surface area contributed by atoms with Gasteiger partial charge in [-0.05, 0) is 19.3 Å². The van der Waals surface area contributed by atoms with E-state index in [0.29, 0.717) is 5.95 Å². The minimum atomic E-state index is -2.87. The average molecular weight is 334 g/mol. The van der Waals surface area contributed by atoms with Gasteiger partial charge in [0.25, 0.3) is 0 Å². The minimum Gasteiger partial charge on any atom is -0.432 e. The molecule has 2 heterocycles. The maximum absolute atomic E-state index is 12.0. The van der Waals surface area contributed by atoms with Crippen molar-refractivity contribution in [3.63, 3.8) is 0 Å².